The SMILES string of the molecule is CCCCCCCOc1ccc(-c2cnc(-c3ccc(C[C@H](NC(=O)c4ccc(C(C)(C)C)s4)C(=O)NC4CCCC(C(=O)O)C4)cc3)nc2)cc1. The van der Waals surface area contributed by atoms with Gasteiger partial charge in [-0.1, -0.05) is 96.2 Å². The van der Waals surface area contributed by atoms with Gasteiger partial charge >= 0.3 is 5.97 Å². The van der Waals surface area contributed by atoms with Gasteiger partial charge in [-0.05, 0) is 66.5 Å². The lowest BCUT2D eigenvalue weighted by molar-refractivity contribution is -0.143. The number of carbonyl (C=O) groups is 3. The molecule has 3 N–H and O–H groups in total. The van der Waals surface area contributed by atoms with Crippen LogP contribution >= 0.6 is 11.3 Å². The zero-order valence-electron chi connectivity index (χ0n) is 30.8. The van der Waals surface area contributed by atoms with E-state index in [-0.39, 0.29) is 29.7 Å². The molecule has 0 bridgehead atoms. The Labute approximate surface area is 311 Å². The molecule has 4 aromatic rings. The molecule has 2 aromatic carbocycles. The van der Waals surface area contributed by atoms with Gasteiger partial charge in [0.1, 0.15) is 11.8 Å². The van der Waals surface area contributed by atoms with E-state index in [0.717, 1.165) is 52.3 Å². The Morgan fingerprint density at radius 3 is 2.23 bits per heavy atom. The van der Waals surface area contributed by atoms with E-state index in [1.807, 2.05) is 67.0 Å². The highest BCUT2D eigenvalue weighted by Gasteiger charge is 2.31. The number of aliphatic carboxylic acids is 1. The Kier molecular flexibility index (Phi) is 13.6. The molecule has 0 spiro atoms. The van der Waals surface area contributed by atoms with Gasteiger partial charge in [0.15, 0.2) is 5.82 Å². The van der Waals surface area contributed by atoms with Gasteiger partial charge in [-0.2, -0.15) is 0 Å². The van der Waals surface area contributed by atoms with Crippen LogP contribution in [0.25, 0.3) is 22.5 Å². The molecule has 5 rings (SSSR count). The van der Waals surface area contributed by atoms with Crippen LogP contribution in [-0.2, 0) is 21.4 Å². The molecule has 1 aliphatic carbocycles. The summed E-state index contributed by atoms with van der Waals surface area (Å²) < 4.78 is 5.90. The van der Waals surface area contributed by atoms with Crippen molar-refractivity contribution >= 4 is 29.1 Å². The molecule has 2 heterocycles. The van der Waals surface area contributed by atoms with Crippen LogP contribution in [0.4, 0.5) is 0 Å². The van der Waals surface area contributed by atoms with Crippen LogP contribution in [0.3, 0.4) is 0 Å². The molecule has 0 radical (unpaired) electrons. The van der Waals surface area contributed by atoms with Gasteiger partial charge in [-0.25, -0.2) is 9.97 Å². The van der Waals surface area contributed by atoms with E-state index < -0.39 is 17.9 Å². The van der Waals surface area contributed by atoms with Crippen LogP contribution in [0.15, 0.2) is 73.1 Å². The first-order valence-corrected chi connectivity index (χ1v) is 19.4. The number of unbranched alkanes of at least 4 members (excludes halogenated alkanes) is 4. The summed E-state index contributed by atoms with van der Waals surface area (Å²) in [6.45, 7) is 9.24. The number of hydrogen-bond acceptors (Lipinski definition) is 7. The van der Waals surface area contributed by atoms with Crippen molar-refractivity contribution in [2.45, 2.75) is 109 Å². The molecule has 276 valence electrons. The third-order valence-electron chi connectivity index (χ3n) is 9.57. The number of nitrogens with zero attached hydrogens (tertiary/aromatic N) is 2. The van der Waals surface area contributed by atoms with Crippen LogP contribution in [-0.4, -0.2) is 51.5 Å². The number of amides is 2. The van der Waals surface area contributed by atoms with Gasteiger partial charge in [0.2, 0.25) is 5.91 Å². The summed E-state index contributed by atoms with van der Waals surface area (Å²) in [6, 6.07) is 18.3. The van der Waals surface area contributed by atoms with Crippen molar-refractivity contribution in [3.05, 3.63) is 88.4 Å². The third-order valence-corrected chi connectivity index (χ3v) is 11.1. The summed E-state index contributed by atoms with van der Waals surface area (Å²) in [4.78, 5) is 49.6. The summed E-state index contributed by atoms with van der Waals surface area (Å²) in [5.74, 6) is -0.498. The molecule has 2 unspecified atom stereocenters. The second kappa shape index (κ2) is 18.3. The van der Waals surface area contributed by atoms with Crippen LogP contribution in [0.1, 0.15) is 106 Å². The first kappa shape index (κ1) is 38.7. The van der Waals surface area contributed by atoms with Crippen molar-refractivity contribution in [1.82, 2.24) is 20.6 Å². The van der Waals surface area contributed by atoms with E-state index in [1.165, 1.54) is 37.0 Å². The third kappa shape index (κ3) is 11.0. The first-order chi connectivity index (χ1) is 25.0. The minimum absolute atomic E-state index is 0.0961. The van der Waals surface area contributed by atoms with E-state index in [4.69, 9.17) is 4.74 Å². The molecular weight excluding hydrogens is 673 g/mol. The van der Waals surface area contributed by atoms with Gasteiger partial charge < -0.3 is 20.5 Å². The van der Waals surface area contributed by atoms with Crippen LogP contribution in [0, 0.1) is 5.92 Å². The van der Waals surface area contributed by atoms with Crippen molar-refractivity contribution in [3.63, 3.8) is 0 Å². The first-order valence-electron chi connectivity index (χ1n) is 18.6. The number of ether oxygens (including phenoxy) is 1. The quantitative estimate of drug-likeness (QED) is 0.0987. The van der Waals surface area contributed by atoms with Gasteiger partial charge in [0, 0.05) is 40.9 Å². The number of carbonyl (C=O) groups excluding carboxylic acids is 2. The number of thiophene rings is 1. The van der Waals surface area contributed by atoms with Gasteiger partial charge in [-0.3, -0.25) is 14.4 Å². The molecule has 1 aliphatic rings. The van der Waals surface area contributed by atoms with E-state index in [0.29, 0.717) is 30.0 Å². The van der Waals surface area contributed by atoms with Crippen molar-refractivity contribution < 1.29 is 24.2 Å². The molecule has 2 aromatic heterocycles. The molecule has 3 atom stereocenters. The fourth-order valence-electron chi connectivity index (χ4n) is 6.44. The second-order valence-corrected chi connectivity index (χ2v) is 15.9. The maximum absolute atomic E-state index is 13.7. The van der Waals surface area contributed by atoms with Crippen molar-refractivity contribution in [2.24, 2.45) is 5.92 Å². The van der Waals surface area contributed by atoms with Crippen LogP contribution in [0.5, 0.6) is 5.75 Å². The largest absolute Gasteiger partial charge is 0.494 e. The van der Waals surface area contributed by atoms with Crippen molar-refractivity contribution in [3.8, 4) is 28.3 Å². The lowest BCUT2D eigenvalue weighted by Crippen LogP contribution is -2.51. The average molecular weight is 725 g/mol. The monoisotopic (exact) mass is 724 g/mol. The van der Waals surface area contributed by atoms with Crippen LogP contribution < -0.4 is 15.4 Å². The van der Waals surface area contributed by atoms with Gasteiger partial charge in [0.05, 0.1) is 17.4 Å². The molecule has 9 nitrogen and oxygen atoms in total. The Balaban J connectivity index is 1.23. The van der Waals surface area contributed by atoms with Crippen LogP contribution in [0.2, 0.25) is 0 Å². The molecule has 52 heavy (non-hydrogen) atoms. The predicted octanol–water partition coefficient (Wildman–Crippen LogP) is 8.62. The highest BCUT2D eigenvalue weighted by atomic mass is 32.1. The Hall–Kier alpha value is -4.57. The minimum atomic E-state index is -0.846. The smallest absolute Gasteiger partial charge is 0.306 e. The van der Waals surface area contributed by atoms with E-state index in [2.05, 4.69) is 48.3 Å². The molecule has 10 heteroatoms. The summed E-state index contributed by atoms with van der Waals surface area (Å²) in [5, 5.41) is 15.6. The zero-order valence-corrected chi connectivity index (χ0v) is 31.6. The summed E-state index contributed by atoms with van der Waals surface area (Å²) in [6.07, 6.45) is 12.4. The molecule has 1 saturated carbocycles. The van der Waals surface area contributed by atoms with E-state index in [1.54, 1.807) is 6.07 Å². The molecule has 1 fully saturated rings. The highest BCUT2D eigenvalue weighted by Crippen LogP contribution is 2.30. The fourth-order valence-corrected chi connectivity index (χ4v) is 7.41. The molecule has 0 aliphatic heterocycles. The lowest BCUT2D eigenvalue weighted by Gasteiger charge is -2.29. The molecule has 2 amide bonds. The maximum atomic E-state index is 13.7. The number of aromatic nitrogens is 2. The average Bonchev–Trinajstić information content (AvgIpc) is 3.66. The summed E-state index contributed by atoms with van der Waals surface area (Å²) >= 11 is 1.42. The summed E-state index contributed by atoms with van der Waals surface area (Å²) in [5.41, 5.74) is 3.51. The van der Waals surface area contributed by atoms with Crippen molar-refractivity contribution in [2.75, 3.05) is 6.61 Å². The van der Waals surface area contributed by atoms with E-state index >= 15 is 0 Å². The second-order valence-electron chi connectivity index (χ2n) is 14.8. The Morgan fingerprint density at radius 2 is 1.58 bits per heavy atom. The Bertz CT molecular complexity index is 1760. The van der Waals surface area contributed by atoms with E-state index in [9.17, 15) is 19.5 Å². The number of carboxylic acids is 1. The minimum Gasteiger partial charge on any atom is -0.494 e. The maximum Gasteiger partial charge on any atom is 0.306 e. The number of carboxylic acid groups (broad SMARTS) is 1. The number of nitrogens with one attached hydrogen (secondary N) is 2. The van der Waals surface area contributed by atoms with Gasteiger partial charge in [-0.15, -0.1) is 11.3 Å². The number of benzene rings is 2. The Morgan fingerprint density at radius 1 is 0.885 bits per heavy atom. The molecular formula is C42H52N4O5S. The lowest BCUT2D eigenvalue weighted by atomic mass is 9.85. The van der Waals surface area contributed by atoms with Gasteiger partial charge in [0.25, 0.3) is 5.91 Å². The highest BCUT2D eigenvalue weighted by molar-refractivity contribution is 7.14. The molecule has 0 saturated heterocycles. The summed E-state index contributed by atoms with van der Waals surface area (Å²) in [7, 11) is 0. The number of rotatable bonds is 16. The number of hydrogen-bond donors (Lipinski definition) is 3. The fraction of sp³-hybridized carbons (Fsp3) is 0.452. The standard InChI is InChI=1S/C42H52N4O5S/c1-5-6-7-8-9-23-51-34-19-17-29(18-20-34)32-26-43-38(44-27-32)30-15-13-28(14-16-30)24-35(39(47)45-33-12-10-11-31(25-33)41(49)50)46-40(48)36-21-22-37(52-36)42(2,3)4/h13-22,26-27,31,33,35H,5-12,23-25H2,1-4H3,(H,45,47)(H,46,48)(H,49,50)/t31?,33?,35-/m0/s1. The topological polar surface area (TPSA) is 131 Å². The van der Waals surface area contributed by atoms with Crippen molar-refractivity contribution in [1.29, 1.82) is 0 Å². The zero-order chi connectivity index (χ0) is 37.1. The normalized spacial score (nSPS) is 16.5. The predicted molar refractivity (Wildman–Crippen MR) is 207 cm³/mol.